The third kappa shape index (κ3) is 5.87. The highest BCUT2D eigenvalue weighted by Crippen LogP contribution is 2.27. The zero-order valence-corrected chi connectivity index (χ0v) is 18.1. The number of epoxide rings is 1. The maximum Gasteiger partial charge on any atom is 0.573 e. The first kappa shape index (κ1) is 22.7. The Bertz CT molecular complexity index is 1380. The van der Waals surface area contributed by atoms with Crippen LogP contribution in [0.15, 0.2) is 76.2 Å². The van der Waals surface area contributed by atoms with E-state index >= 15 is 0 Å². The summed E-state index contributed by atoms with van der Waals surface area (Å²) in [6.07, 6.45) is -3.03. The smallest absolute Gasteiger partial charge is 0.491 e. The predicted molar refractivity (Wildman–Crippen MR) is 117 cm³/mol. The first-order valence-electron chi connectivity index (χ1n) is 10.6. The molecule has 1 atom stereocenters. The quantitative estimate of drug-likeness (QED) is 0.344. The first-order chi connectivity index (χ1) is 16.8. The van der Waals surface area contributed by atoms with Gasteiger partial charge in [0.05, 0.1) is 18.7 Å². The summed E-state index contributed by atoms with van der Waals surface area (Å²) in [5.74, 6) is 0.675. The second-order valence-electron chi connectivity index (χ2n) is 7.79. The number of hydrogen-bond donors (Lipinski definition) is 0. The molecule has 0 saturated carbocycles. The van der Waals surface area contributed by atoms with E-state index in [1.165, 1.54) is 22.8 Å². The fraction of sp³-hybridized carbons (Fsp3) is 0.208. The van der Waals surface area contributed by atoms with Gasteiger partial charge in [0.25, 0.3) is 11.4 Å². The molecule has 2 aromatic carbocycles. The lowest BCUT2D eigenvalue weighted by atomic mass is 10.2. The summed E-state index contributed by atoms with van der Waals surface area (Å²) < 4.78 is 58.6. The van der Waals surface area contributed by atoms with Crippen LogP contribution in [0.5, 0.6) is 11.5 Å². The molecule has 1 aliphatic heterocycles. The molecular formula is C24H18F3N3O5. The summed E-state index contributed by atoms with van der Waals surface area (Å²) in [5.41, 5.74) is 1.60. The van der Waals surface area contributed by atoms with Crippen molar-refractivity contribution in [3.05, 3.63) is 82.8 Å². The van der Waals surface area contributed by atoms with Crippen molar-refractivity contribution in [2.45, 2.75) is 19.0 Å². The van der Waals surface area contributed by atoms with Crippen LogP contribution in [0.25, 0.3) is 22.8 Å². The summed E-state index contributed by atoms with van der Waals surface area (Å²) in [7, 11) is 0. The van der Waals surface area contributed by atoms with E-state index < -0.39 is 6.36 Å². The summed E-state index contributed by atoms with van der Waals surface area (Å²) in [4.78, 5) is 16.7. The van der Waals surface area contributed by atoms with Crippen LogP contribution >= 0.6 is 0 Å². The van der Waals surface area contributed by atoms with E-state index in [9.17, 15) is 18.0 Å². The first-order valence-corrected chi connectivity index (χ1v) is 10.6. The van der Waals surface area contributed by atoms with Gasteiger partial charge in [0.1, 0.15) is 24.2 Å². The van der Waals surface area contributed by atoms with Gasteiger partial charge in [0, 0.05) is 17.8 Å². The van der Waals surface area contributed by atoms with Crippen LogP contribution in [0, 0.1) is 0 Å². The van der Waals surface area contributed by atoms with Gasteiger partial charge < -0.3 is 23.3 Å². The summed E-state index contributed by atoms with van der Waals surface area (Å²) in [6, 6.07) is 15.5. The number of alkyl halides is 3. The summed E-state index contributed by atoms with van der Waals surface area (Å²) in [5, 5.41) is 3.89. The fourth-order valence-corrected chi connectivity index (χ4v) is 3.33. The van der Waals surface area contributed by atoms with Crippen LogP contribution in [0.3, 0.4) is 0 Å². The zero-order chi connectivity index (χ0) is 24.4. The van der Waals surface area contributed by atoms with Gasteiger partial charge in [0.2, 0.25) is 5.82 Å². The van der Waals surface area contributed by atoms with Gasteiger partial charge in [-0.3, -0.25) is 4.79 Å². The molecule has 2 aromatic heterocycles. The van der Waals surface area contributed by atoms with Gasteiger partial charge in [-0.05, 0) is 48.0 Å². The third-order valence-electron chi connectivity index (χ3n) is 5.09. The molecule has 4 aromatic rings. The van der Waals surface area contributed by atoms with Crippen molar-refractivity contribution in [3.8, 4) is 34.3 Å². The van der Waals surface area contributed by atoms with E-state index in [0.29, 0.717) is 36.6 Å². The molecule has 3 heterocycles. The van der Waals surface area contributed by atoms with Crippen LogP contribution in [-0.2, 0) is 11.3 Å². The van der Waals surface area contributed by atoms with Crippen LogP contribution < -0.4 is 15.0 Å². The molecule has 5 rings (SSSR count). The summed E-state index contributed by atoms with van der Waals surface area (Å²) >= 11 is 0. The van der Waals surface area contributed by atoms with E-state index in [1.807, 2.05) is 24.3 Å². The molecule has 0 aliphatic carbocycles. The van der Waals surface area contributed by atoms with Crippen LogP contribution in [-0.4, -0.2) is 40.4 Å². The van der Waals surface area contributed by atoms with E-state index in [0.717, 1.165) is 17.7 Å². The maximum atomic E-state index is 12.4. The minimum atomic E-state index is -4.77. The minimum Gasteiger partial charge on any atom is -0.491 e. The van der Waals surface area contributed by atoms with Crippen molar-refractivity contribution < 1.29 is 31.9 Å². The molecule has 1 aliphatic rings. The Morgan fingerprint density at radius 2 is 1.80 bits per heavy atom. The van der Waals surface area contributed by atoms with Crippen LogP contribution in [0.2, 0.25) is 0 Å². The highest BCUT2D eigenvalue weighted by molar-refractivity contribution is 5.60. The lowest BCUT2D eigenvalue weighted by Gasteiger charge is -2.09. The van der Waals surface area contributed by atoms with Gasteiger partial charge >= 0.3 is 6.36 Å². The average molecular weight is 485 g/mol. The molecule has 1 fully saturated rings. The largest absolute Gasteiger partial charge is 0.573 e. The molecule has 35 heavy (non-hydrogen) atoms. The molecular weight excluding hydrogens is 467 g/mol. The van der Waals surface area contributed by atoms with Gasteiger partial charge in [-0.15, -0.1) is 13.2 Å². The molecule has 8 nitrogen and oxygen atoms in total. The van der Waals surface area contributed by atoms with Gasteiger partial charge in [-0.2, -0.15) is 4.98 Å². The van der Waals surface area contributed by atoms with E-state index in [4.69, 9.17) is 14.0 Å². The number of rotatable bonds is 8. The topological polar surface area (TPSA) is 91.9 Å². The minimum absolute atomic E-state index is 0.142. The van der Waals surface area contributed by atoms with Gasteiger partial charge in [-0.1, -0.05) is 17.3 Å². The van der Waals surface area contributed by atoms with Gasteiger partial charge in [0.15, 0.2) is 0 Å². The highest BCUT2D eigenvalue weighted by atomic mass is 19.4. The Kier molecular flexibility index (Phi) is 6.00. The SMILES string of the molecule is O=c1ccc(-c2nc(-c3ccc(OC(F)(F)F)cc3)no2)cn1Cc1cccc(OCC2CO2)c1. The summed E-state index contributed by atoms with van der Waals surface area (Å²) in [6.45, 7) is 1.49. The normalized spacial score (nSPS) is 15.1. The van der Waals surface area contributed by atoms with Crippen molar-refractivity contribution in [2.24, 2.45) is 0 Å². The van der Waals surface area contributed by atoms with Crippen molar-refractivity contribution >= 4 is 0 Å². The lowest BCUT2D eigenvalue weighted by Crippen LogP contribution is -2.19. The van der Waals surface area contributed by atoms with Crippen molar-refractivity contribution in [1.82, 2.24) is 14.7 Å². The Labute approximate surface area is 196 Å². The Morgan fingerprint density at radius 3 is 2.54 bits per heavy atom. The number of pyridine rings is 1. The standard InChI is InChI=1S/C24H18F3N3O5/c25-24(26,27)34-18-7-4-16(5-8-18)22-28-23(35-29-22)17-6-9-21(31)30(12-17)11-15-2-1-3-19(10-15)32-13-20-14-33-20/h1-10,12,20H,11,13-14H2. The maximum absolute atomic E-state index is 12.4. The second kappa shape index (κ2) is 9.26. The predicted octanol–water partition coefficient (Wildman–Crippen LogP) is 4.29. The Balaban J connectivity index is 1.32. The zero-order valence-electron chi connectivity index (χ0n) is 18.1. The van der Waals surface area contributed by atoms with Crippen molar-refractivity contribution in [2.75, 3.05) is 13.2 Å². The third-order valence-corrected chi connectivity index (χ3v) is 5.09. The van der Waals surface area contributed by atoms with Crippen molar-refractivity contribution in [1.29, 1.82) is 0 Å². The fourth-order valence-electron chi connectivity index (χ4n) is 3.33. The molecule has 1 unspecified atom stereocenters. The number of hydrogen-bond acceptors (Lipinski definition) is 7. The molecule has 180 valence electrons. The Morgan fingerprint density at radius 1 is 1.03 bits per heavy atom. The molecule has 0 amide bonds. The van der Waals surface area contributed by atoms with E-state index in [2.05, 4.69) is 14.9 Å². The monoisotopic (exact) mass is 485 g/mol. The number of ether oxygens (including phenoxy) is 3. The molecule has 0 spiro atoms. The van der Waals surface area contributed by atoms with Crippen molar-refractivity contribution in [3.63, 3.8) is 0 Å². The van der Waals surface area contributed by atoms with Crippen LogP contribution in [0.1, 0.15) is 5.56 Å². The number of halogens is 3. The highest BCUT2D eigenvalue weighted by Gasteiger charge is 2.31. The molecule has 0 radical (unpaired) electrons. The molecule has 0 bridgehead atoms. The van der Waals surface area contributed by atoms with E-state index in [1.54, 1.807) is 12.3 Å². The van der Waals surface area contributed by atoms with Gasteiger partial charge in [-0.25, -0.2) is 0 Å². The molecule has 11 heteroatoms. The molecule has 0 N–H and O–H groups in total. The molecule has 1 saturated heterocycles. The number of nitrogens with zero attached hydrogens (tertiary/aromatic N) is 3. The number of aromatic nitrogens is 3. The lowest BCUT2D eigenvalue weighted by molar-refractivity contribution is -0.274. The van der Waals surface area contributed by atoms with Crippen LogP contribution in [0.4, 0.5) is 13.2 Å². The number of benzene rings is 2. The Hall–Kier alpha value is -4.12. The average Bonchev–Trinajstić information content (AvgIpc) is 3.53. The van der Waals surface area contributed by atoms with E-state index in [-0.39, 0.29) is 29.1 Å². The second-order valence-corrected chi connectivity index (χ2v) is 7.79.